The molecule has 0 bridgehead atoms. The largest absolute Gasteiger partial charge is 0.490 e. The lowest BCUT2D eigenvalue weighted by Gasteiger charge is -2.11. The van der Waals surface area contributed by atoms with Crippen molar-refractivity contribution in [3.8, 4) is 11.5 Å². The molecule has 0 aliphatic heterocycles. The van der Waals surface area contributed by atoms with Gasteiger partial charge in [0.05, 0.1) is 11.5 Å². The maximum Gasteiger partial charge on any atom is 0.387 e. The quantitative estimate of drug-likeness (QED) is 0.569. The van der Waals surface area contributed by atoms with Gasteiger partial charge in [0.15, 0.2) is 11.5 Å². The molecule has 11 heteroatoms. The number of hydrogen-bond acceptors (Lipinski definition) is 6. The van der Waals surface area contributed by atoms with Gasteiger partial charge in [0.2, 0.25) is 0 Å². The van der Waals surface area contributed by atoms with Crippen LogP contribution in [0.15, 0.2) is 27.8 Å². The molecule has 2 aromatic rings. The van der Waals surface area contributed by atoms with Gasteiger partial charge in [-0.15, -0.1) is 0 Å². The summed E-state index contributed by atoms with van der Waals surface area (Å²) in [5.74, 6) is -0.126. The maximum atomic E-state index is 12.4. The summed E-state index contributed by atoms with van der Waals surface area (Å²) in [5.41, 5.74) is -2.78. The van der Waals surface area contributed by atoms with Crippen LogP contribution in [-0.2, 0) is 0 Å². The minimum absolute atomic E-state index is 0.0452. The van der Waals surface area contributed by atoms with E-state index in [0.29, 0.717) is 5.56 Å². The summed E-state index contributed by atoms with van der Waals surface area (Å²) < 4.78 is 34.3. The van der Waals surface area contributed by atoms with E-state index in [-0.39, 0.29) is 23.8 Å². The van der Waals surface area contributed by atoms with Crippen molar-refractivity contribution < 1.29 is 23.2 Å². The van der Waals surface area contributed by atoms with Gasteiger partial charge in [0.25, 0.3) is 0 Å². The topological polar surface area (TPSA) is 127 Å². The van der Waals surface area contributed by atoms with Crippen molar-refractivity contribution in [3.63, 3.8) is 0 Å². The smallest absolute Gasteiger partial charge is 0.387 e. The fraction of sp³-hybridized carbons (Fsp3) is 0.200. The fourth-order valence-electron chi connectivity index (χ4n) is 2.07. The normalized spacial score (nSPS) is 11.1. The van der Waals surface area contributed by atoms with Crippen molar-refractivity contribution in [2.24, 2.45) is 0 Å². The molecule has 0 aliphatic rings. The van der Waals surface area contributed by atoms with E-state index in [0.717, 1.165) is 6.08 Å². The van der Waals surface area contributed by atoms with Crippen molar-refractivity contribution >= 4 is 17.8 Å². The highest BCUT2D eigenvalue weighted by Gasteiger charge is 2.19. The lowest BCUT2D eigenvalue weighted by atomic mass is 10.1. The highest BCUT2D eigenvalue weighted by Crippen LogP contribution is 2.30. The SMILES string of the molecule is CCOc1cc(C=Cc2[nH]c(=O)[nH]c(=O)c2[N+](=O)[O-])ccc1OC(F)F. The van der Waals surface area contributed by atoms with Crippen LogP contribution >= 0.6 is 0 Å². The Morgan fingerprint density at radius 1 is 1.23 bits per heavy atom. The zero-order valence-corrected chi connectivity index (χ0v) is 13.3. The summed E-state index contributed by atoms with van der Waals surface area (Å²) in [6.07, 6.45) is 2.49. The van der Waals surface area contributed by atoms with E-state index in [1.54, 1.807) is 11.9 Å². The van der Waals surface area contributed by atoms with Crippen molar-refractivity contribution in [2.75, 3.05) is 6.61 Å². The van der Waals surface area contributed by atoms with E-state index in [1.165, 1.54) is 24.3 Å². The first-order chi connectivity index (χ1) is 12.3. The average Bonchev–Trinajstić information content (AvgIpc) is 2.53. The Morgan fingerprint density at radius 2 is 1.96 bits per heavy atom. The molecule has 26 heavy (non-hydrogen) atoms. The third-order valence-electron chi connectivity index (χ3n) is 3.05. The highest BCUT2D eigenvalue weighted by molar-refractivity contribution is 5.72. The molecule has 0 unspecified atom stereocenters. The molecule has 2 N–H and O–H groups in total. The van der Waals surface area contributed by atoms with Crippen LogP contribution in [0.3, 0.4) is 0 Å². The number of rotatable bonds is 7. The summed E-state index contributed by atoms with van der Waals surface area (Å²) in [5, 5.41) is 11.0. The van der Waals surface area contributed by atoms with Crippen molar-refractivity contribution in [3.05, 3.63) is 60.4 Å². The van der Waals surface area contributed by atoms with Crippen LogP contribution < -0.4 is 20.7 Å². The van der Waals surface area contributed by atoms with E-state index in [9.17, 15) is 28.5 Å². The van der Waals surface area contributed by atoms with Crippen molar-refractivity contribution in [1.82, 2.24) is 9.97 Å². The molecule has 0 saturated heterocycles. The zero-order chi connectivity index (χ0) is 19.3. The maximum absolute atomic E-state index is 12.4. The number of nitrogens with zero attached hydrogens (tertiary/aromatic N) is 1. The van der Waals surface area contributed by atoms with E-state index in [1.807, 2.05) is 0 Å². The van der Waals surface area contributed by atoms with Gasteiger partial charge in [0.1, 0.15) is 5.69 Å². The van der Waals surface area contributed by atoms with Crippen LogP contribution in [0.2, 0.25) is 0 Å². The molecular formula is C15H13F2N3O6. The van der Waals surface area contributed by atoms with Gasteiger partial charge < -0.3 is 14.5 Å². The van der Waals surface area contributed by atoms with Gasteiger partial charge in [-0.1, -0.05) is 12.1 Å². The summed E-state index contributed by atoms with van der Waals surface area (Å²) in [7, 11) is 0. The summed E-state index contributed by atoms with van der Waals surface area (Å²) in [6, 6.07) is 4.01. The number of aromatic nitrogens is 2. The number of nitrogens with one attached hydrogen (secondary N) is 2. The van der Waals surface area contributed by atoms with Crippen LogP contribution in [0.25, 0.3) is 12.2 Å². The Labute approximate surface area is 144 Å². The zero-order valence-electron chi connectivity index (χ0n) is 13.3. The molecule has 9 nitrogen and oxygen atoms in total. The lowest BCUT2D eigenvalue weighted by Crippen LogP contribution is -2.25. The molecule has 0 atom stereocenters. The molecule has 0 saturated carbocycles. The number of alkyl halides is 2. The second kappa shape index (κ2) is 8.05. The van der Waals surface area contributed by atoms with Crippen LogP contribution in [0, 0.1) is 10.1 Å². The molecule has 1 aromatic heterocycles. The Bertz CT molecular complexity index is 951. The van der Waals surface area contributed by atoms with E-state index in [4.69, 9.17) is 4.74 Å². The van der Waals surface area contributed by atoms with Gasteiger partial charge >= 0.3 is 23.5 Å². The van der Waals surface area contributed by atoms with Crippen LogP contribution in [0.4, 0.5) is 14.5 Å². The molecule has 0 fully saturated rings. The molecule has 0 spiro atoms. The monoisotopic (exact) mass is 369 g/mol. The van der Waals surface area contributed by atoms with Crippen LogP contribution in [-0.4, -0.2) is 28.1 Å². The average molecular weight is 369 g/mol. The van der Waals surface area contributed by atoms with E-state index in [2.05, 4.69) is 9.72 Å². The molecule has 0 aliphatic carbocycles. The molecule has 1 heterocycles. The number of nitro groups is 1. The Balaban J connectivity index is 2.42. The molecule has 2 rings (SSSR count). The van der Waals surface area contributed by atoms with Crippen molar-refractivity contribution in [2.45, 2.75) is 13.5 Å². The molecule has 1 aromatic carbocycles. The summed E-state index contributed by atoms with van der Waals surface area (Å²) in [6.45, 7) is -1.18. The fourth-order valence-corrected chi connectivity index (χ4v) is 2.07. The molecule has 0 amide bonds. The lowest BCUT2D eigenvalue weighted by molar-refractivity contribution is -0.386. The Hall–Kier alpha value is -3.50. The summed E-state index contributed by atoms with van der Waals surface area (Å²) in [4.78, 5) is 36.8. The van der Waals surface area contributed by atoms with Crippen molar-refractivity contribution in [1.29, 1.82) is 0 Å². The third kappa shape index (κ3) is 4.53. The predicted molar refractivity (Wildman–Crippen MR) is 87.5 cm³/mol. The molecule has 138 valence electrons. The second-order valence-corrected chi connectivity index (χ2v) is 4.78. The number of ether oxygens (including phenoxy) is 2. The number of hydrogen-bond donors (Lipinski definition) is 2. The van der Waals surface area contributed by atoms with E-state index < -0.39 is 28.5 Å². The minimum atomic E-state index is -3.03. The van der Waals surface area contributed by atoms with Gasteiger partial charge in [-0.05, 0) is 30.7 Å². The van der Waals surface area contributed by atoms with Crippen LogP contribution in [0.5, 0.6) is 11.5 Å². The highest BCUT2D eigenvalue weighted by atomic mass is 19.3. The molecule has 0 radical (unpaired) electrons. The first kappa shape index (κ1) is 18.8. The molecular weight excluding hydrogens is 356 g/mol. The van der Waals surface area contributed by atoms with Gasteiger partial charge in [0, 0.05) is 0 Å². The van der Waals surface area contributed by atoms with Gasteiger partial charge in [-0.25, -0.2) is 4.79 Å². The Kier molecular flexibility index (Phi) is 5.83. The Morgan fingerprint density at radius 3 is 2.58 bits per heavy atom. The number of halogens is 2. The van der Waals surface area contributed by atoms with Crippen LogP contribution in [0.1, 0.15) is 18.2 Å². The number of aromatic amines is 2. The second-order valence-electron chi connectivity index (χ2n) is 4.78. The van der Waals surface area contributed by atoms with Gasteiger partial charge in [-0.2, -0.15) is 8.78 Å². The first-order valence-corrected chi connectivity index (χ1v) is 7.22. The van der Waals surface area contributed by atoms with Gasteiger partial charge in [-0.3, -0.25) is 19.9 Å². The summed E-state index contributed by atoms with van der Waals surface area (Å²) >= 11 is 0. The standard InChI is InChI=1S/C15H13F2N3O6/c1-2-25-11-7-8(4-6-10(11)26-14(16)17)3-5-9-12(20(23)24)13(21)19-15(22)18-9/h3-7,14H,2H2,1H3,(H2,18,19,21,22). The number of benzene rings is 1. The van der Waals surface area contributed by atoms with E-state index >= 15 is 0 Å². The predicted octanol–water partition coefficient (Wildman–Crippen LogP) is 2.14. The first-order valence-electron chi connectivity index (χ1n) is 7.22. The number of H-pyrrole nitrogens is 2. The minimum Gasteiger partial charge on any atom is -0.490 e. The third-order valence-corrected chi connectivity index (χ3v) is 3.05.